The number of amides is 2. The van der Waals surface area contributed by atoms with Gasteiger partial charge < -0.3 is 4.57 Å². The van der Waals surface area contributed by atoms with Gasteiger partial charge in [0.1, 0.15) is 11.4 Å². The van der Waals surface area contributed by atoms with Crippen LogP contribution in [0.4, 0.5) is 10.1 Å². The molecular weight excluding hydrogens is 508 g/mol. The largest absolute Gasteiger partial charge is 0.342 e. The molecule has 174 valence electrons. The second-order valence-electron chi connectivity index (χ2n) is 7.85. The highest BCUT2D eigenvalue weighted by Crippen LogP contribution is 2.35. The van der Waals surface area contributed by atoms with Gasteiger partial charge in [-0.15, -0.1) is 0 Å². The third kappa shape index (κ3) is 4.23. The van der Waals surface area contributed by atoms with Crippen LogP contribution in [0.1, 0.15) is 11.1 Å². The number of nitrogens with zero attached hydrogens (tertiary/aromatic N) is 2. The number of rotatable bonds is 4. The molecule has 0 unspecified atom stereocenters. The maximum absolute atomic E-state index is 14.3. The van der Waals surface area contributed by atoms with Gasteiger partial charge in [0.25, 0.3) is 11.8 Å². The number of thiocarbonyl (C=S) groups is 1. The predicted molar refractivity (Wildman–Crippen MR) is 140 cm³/mol. The monoisotopic (exact) mass is 523 g/mol. The number of anilines is 1. The Kier molecular flexibility index (Phi) is 6.15. The van der Waals surface area contributed by atoms with Crippen LogP contribution in [-0.4, -0.2) is 21.5 Å². The second-order valence-corrected chi connectivity index (χ2v) is 9.02. The molecule has 1 aliphatic heterocycles. The Morgan fingerprint density at radius 2 is 1.71 bits per heavy atom. The number of aromatic nitrogens is 1. The molecule has 1 saturated heterocycles. The SMILES string of the molecule is O=C1NC(=S)N(c2cccc(Cl)c2Cl)C(=O)/C1=C/c1cn(Cc2ccccc2F)c2ccccc12. The molecule has 1 fully saturated rings. The minimum atomic E-state index is -0.631. The average molecular weight is 524 g/mol. The molecule has 2 amide bonds. The molecule has 35 heavy (non-hydrogen) atoms. The van der Waals surface area contributed by atoms with E-state index in [0.717, 1.165) is 15.8 Å². The average Bonchev–Trinajstić information content (AvgIpc) is 3.18. The Balaban J connectivity index is 1.59. The van der Waals surface area contributed by atoms with E-state index < -0.39 is 11.8 Å². The lowest BCUT2D eigenvalue weighted by molar-refractivity contribution is -0.122. The Morgan fingerprint density at radius 1 is 0.971 bits per heavy atom. The highest BCUT2D eigenvalue weighted by molar-refractivity contribution is 7.80. The first-order valence-corrected chi connectivity index (χ1v) is 11.7. The van der Waals surface area contributed by atoms with Crippen molar-refractivity contribution in [2.75, 3.05) is 4.90 Å². The van der Waals surface area contributed by atoms with Crippen molar-refractivity contribution in [1.29, 1.82) is 0 Å². The minimum absolute atomic E-state index is 0.0942. The third-order valence-electron chi connectivity index (χ3n) is 5.69. The van der Waals surface area contributed by atoms with E-state index in [0.29, 0.717) is 11.1 Å². The molecule has 1 aliphatic rings. The number of hydrogen-bond donors (Lipinski definition) is 1. The summed E-state index contributed by atoms with van der Waals surface area (Å²) in [5, 5.41) is 3.65. The van der Waals surface area contributed by atoms with Crippen molar-refractivity contribution in [3.63, 3.8) is 0 Å². The number of nitrogens with one attached hydrogen (secondary N) is 1. The second kappa shape index (κ2) is 9.26. The highest BCUT2D eigenvalue weighted by atomic mass is 35.5. The van der Waals surface area contributed by atoms with Crippen molar-refractivity contribution in [3.05, 3.63) is 105 Å². The predicted octanol–water partition coefficient (Wildman–Crippen LogP) is 5.97. The topological polar surface area (TPSA) is 54.3 Å². The molecule has 0 saturated carbocycles. The van der Waals surface area contributed by atoms with Crippen molar-refractivity contribution in [2.45, 2.75) is 6.54 Å². The summed E-state index contributed by atoms with van der Waals surface area (Å²) in [5.74, 6) is -1.57. The van der Waals surface area contributed by atoms with Gasteiger partial charge in [-0.1, -0.05) is 65.7 Å². The summed E-state index contributed by atoms with van der Waals surface area (Å²) in [6.45, 7) is 0.283. The molecule has 9 heteroatoms. The van der Waals surface area contributed by atoms with Crippen molar-refractivity contribution in [3.8, 4) is 0 Å². The molecule has 1 aromatic heterocycles. The van der Waals surface area contributed by atoms with Crippen molar-refractivity contribution < 1.29 is 14.0 Å². The zero-order valence-corrected chi connectivity index (χ0v) is 20.3. The summed E-state index contributed by atoms with van der Waals surface area (Å²) >= 11 is 17.7. The molecule has 4 aromatic rings. The van der Waals surface area contributed by atoms with E-state index in [2.05, 4.69) is 5.32 Å². The van der Waals surface area contributed by atoms with Crippen LogP contribution in [0.5, 0.6) is 0 Å². The molecule has 3 aromatic carbocycles. The van der Waals surface area contributed by atoms with E-state index in [9.17, 15) is 14.0 Å². The molecular formula is C26H16Cl2FN3O2S. The van der Waals surface area contributed by atoms with Crippen LogP contribution in [0.2, 0.25) is 10.0 Å². The zero-order chi connectivity index (χ0) is 24.7. The van der Waals surface area contributed by atoms with Gasteiger partial charge in [-0.3, -0.25) is 19.8 Å². The van der Waals surface area contributed by atoms with Crippen LogP contribution in [0, 0.1) is 5.82 Å². The van der Waals surface area contributed by atoms with Gasteiger partial charge in [-0.2, -0.15) is 0 Å². The molecule has 2 heterocycles. The third-order valence-corrected chi connectivity index (χ3v) is 6.79. The van der Waals surface area contributed by atoms with Crippen LogP contribution in [0.25, 0.3) is 17.0 Å². The lowest BCUT2D eigenvalue weighted by Crippen LogP contribution is -2.54. The maximum atomic E-state index is 14.3. The number of carbonyl (C=O) groups excluding carboxylic acids is 2. The van der Waals surface area contributed by atoms with E-state index in [1.807, 2.05) is 28.8 Å². The normalized spacial score (nSPS) is 15.2. The first-order chi connectivity index (χ1) is 16.8. The van der Waals surface area contributed by atoms with E-state index in [4.69, 9.17) is 35.4 Å². The fraction of sp³-hybridized carbons (Fsp3) is 0.0385. The van der Waals surface area contributed by atoms with Gasteiger partial charge in [-0.25, -0.2) is 4.39 Å². The van der Waals surface area contributed by atoms with Crippen molar-refractivity contribution in [1.82, 2.24) is 9.88 Å². The first-order valence-electron chi connectivity index (χ1n) is 10.5. The molecule has 5 rings (SSSR count). The number of halogens is 3. The molecule has 0 aliphatic carbocycles. The van der Waals surface area contributed by atoms with Crippen LogP contribution >= 0.6 is 35.4 Å². The molecule has 0 atom stereocenters. The highest BCUT2D eigenvalue weighted by Gasteiger charge is 2.36. The van der Waals surface area contributed by atoms with E-state index in [1.54, 1.807) is 42.6 Å². The summed E-state index contributed by atoms with van der Waals surface area (Å²) in [5.41, 5.74) is 2.12. The fourth-order valence-electron chi connectivity index (χ4n) is 4.03. The van der Waals surface area contributed by atoms with E-state index >= 15 is 0 Å². The Hall–Kier alpha value is -3.52. The molecule has 5 nitrogen and oxygen atoms in total. The summed E-state index contributed by atoms with van der Waals surface area (Å²) in [6, 6.07) is 18.9. The van der Waals surface area contributed by atoms with Crippen LogP contribution < -0.4 is 10.2 Å². The standard InChI is InChI=1S/C26H16Cl2FN3O2S/c27-19-8-5-11-22(23(19)28)32-25(34)18(24(33)30-26(32)35)12-16-14-31(21-10-4-2-7-17(16)21)13-15-6-1-3-9-20(15)29/h1-12,14H,13H2,(H,30,33,35)/b18-12+. The van der Waals surface area contributed by atoms with Crippen LogP contribution in [0.3, 0.4) is 0 Å². The Morgan fingerprint density at radius 3 is 2.51 bits per heavy atom. The lowest BCUT2D eigenvalue weighted by atomic mass is 10.1. The summed E-state index contributed by atoms with van der Waals surface area (Å²) in [6.07, 6.45) is 3.29. The number of hydrogen-bond acceptors (Lipinski definition) is 3. The van der Waals surface area contributed by atoms with Gasteiger partial charge in [0.05, 0.1) is 22.3 Å². The van der Waals surface area contributed by atoms with Gasteiger partial charge in [0, 0.05) is 28.2 Å². The summed E-state index contributed by atoms with van der Waals surface area (Å²) < 4.78 is 16.2. The van der Waals surface area contributed by atoms with Gasteiger partial charge in [0.2, 0.25) is 0 Å². The van der Waals surface area contributed by atoms with Crippen LogP contribution in [0.15, 0.2) is 78.5 Å². The van der Waals surface area contributed by atoms with Crippen LogP contribution in [-0.2, 0) is 16.1 Å². The summed E-state index contributed by atoms with van der Waals surface area (Å²) in [4.78, 5) is 27.4. The smallest absolute Gasteiger partial charge is 0.270 e. The zero-order valence-electron chi connectivity index (χ0n) is 18.0. The number of benzene rings is 3. The van der Waals surface area contributed by atoms with E-state index in [1.165, 1.54) is 12.1 Å². The quantitative estimate of drug-likeness (QED) is 0.204. The number of para-hydroxylation sites is 1. The molecule has 0 radical (unpaired) electrons. The minimum Gasteiger partial charge on any atom is -0.342 e. The number of carbonyl (C=O) groups is 2. The maximum Gasteiger partial charge on any atom is 0.270 e. The first kappa shape index (κ1) is 23.2. The van der Waals surface area contributed by atoms with E-state index in [-0.39, 0.29) is 38.8 Å². The molecule has 0 spiro atoms. The lowest BCUT2D eigenvalue weighted by Gasteiger charge is -2.29. The van der Waals surface area contributed by atoms with Gasteiger partial charge in [0.15, 0.2) is 5.11 Å². The Labute approximate surface area is 215 Å². The summed E-state index contributed by atoms with van der Waals surface area (Å²) in [7, 11) is 0. The van der Waals surface area contributed by atoms with Crippen molar-refractivity contribution in [2.24, 2.45) is 0 Å². The van der Waals surface area contributed by atoms with Crippen molar-refractivity contribution >= 4 is 75.0 Å². The number of fused-ring (bicyclic) bond motifs is 1. The Bertz CT molecular complexity index is 1560. The fourth-order valence-corrected chi connectivity index (χ4v) is 4.68. The molecule has 0 bridgehead atoms. The van der Waals surface area contributed by atoms with Gasteiger partial charge in [-0.05, 0) is 42.6 Å². The van der Waals surface area contributed by atoms with Gasteiger partial charge >= 0.3 is 0 Å². The molecule has 1 N–H and O–H groups in total.